The van der Waals surface area contributed by atoms with E-state index >= 15 is 0 Å². The summed E-state index contributed by atoms with van der Waals surface area (Å²) in [5.74, 6) is 1.97. The van der Waals surface area contributed by atoms with Crippen LogP contribution in [0.25, 0.3) is 20.5 Å². The van der Waals surface area contributed by atoms with Gasteiger partial charge >= 0.3 is 0 Å². The van der Waals surface area contributed by atoms with E-state index in [0.717, 1.165) is 74.8 Å². The SMILES string of the molecule is CC(C)[C@H](C(=O)N1C[C@H](O)C[C@H]1C(=O)CCc1ccc(Cl)cc1)c1cc(OCCN2CCN(CCOc3ccc(Oc4c(-c5ccc(Br)cc5)sc5cc(O)ccc45)cc3)CC2)no1. The molecule has 64 heavy (non-hydrogen) atoms. The quantitative estimate of drug-likeness (QED) is 0.0852. The van der Waals surface area contributed by atoms with Crippen LogP contribution < -0.4 is 14.2 Å². The largest absolute Gasteiger partial charge is 0.508 e. The number of β-amino-alcohol motifs (C(OH)–C–C–N with tert-alkyl or cyclic N) is 1. The summed E-state index contributed by atoms with van der Waals surface area (Å²) in [5, 5.41) is 26.3. The minimum absolute atomic E-state index is 0.0771. The number of aliphatic hydroxyl groups is 1. The van der Waals surface area contributed by atoms with Crippen molar-refractivity contribution in [3.8, 4) is 39.3 Å². The van der Waals surface area contributed by atoms with Gasteiger partial charge in [0.2, 0.25) is 5.91 Å². The number of nitrogens with zero attached hydrogens (tertiary/aromatic N) is 4. The third-order valence-electron chi connectivity index (χ3n) is 11.8. The highest BCUT2D eigenvalue weighted by molar-refractivity contribution is 9.10. The lowest BCUT2D eigenvalue weighted by atomic mass is 9.91. The standard InChI is InChI=1S/C49H52BrClN4O8S/c1-31(2)46(49(59)55-30-37(57)27-41(55)42(58)18-5-32-3-10-35(51)11-4-32)43-29-45(52-63-43)61-26-24-54-21-19-53(20-22-54)23-25-60-38-13-15-39(16-14-38)62-47-40-17-12-36(56)28-44(40)64-48(47)33-6-8-34(50)9-7-33/h3-4,6-17,28-29,31,37,41,46,56-57H,5,18-27,30H2,1-2H3/t37-,41+,46+/m1/s1. The first-order valence-electron chi connectivity index (χ1n) is 21.7. The average molecular weight is 972 g/mol. The van der Waals surface area contributed by atoms with E-state index in [1.54, 1.807) is 41.7 Å². The van der Waals surface area contributed by atoms with Crippen molar-refractivity contribution in [2.75, 3.05) is 59.0 Å². The third kappa shape index (κ3) is 11.3. The van der Waals surface area contributed by atoms with E-state index in [1.165, 1.54) is 4.90 Å². The number of hydrogen-bond donors (Lipinski definition) is 2. The van der Waals surface area contributed by atoms with Gasteiger partial charge in [-0.05, 0) is 95.4 Å². The molecule has 6 aromatic rings. The van der Waals surface area contributed by atoms with E-state index in [-0.39, 0.29) is 42.7 Å². The van der Waals surface area contributed by atoms with Gasteiger partial charge < -0.3 is 33.8 Å². The maximum Gasteiger partial charge on any atom is 0.254 e. The summed E-state index contributed by atoms with van der Waals surface area (Å²) in [4.78, 5) is 34.6. The predicted molar refractivity (Wildman–Crippen MR) is 252 cm³/mol. The Morgan fingerprint density at radius 3 is 2.25 bits per heavy atom. The zero-order valence-corrected chi connectivity index (χ0v) is 39.0. The van der Waals surface area contributed by atoms with Gasteiger partial charge in [0, 0.05) is 84.3 Å². The number of ether oxygens (including phenoxy) is 3. The normalized spacial score (nSPS) is 17.6. The highest BCUT2D eigenvalue weighted by atomic mass is 79.9. The number of thiophene rings is 1. The number of phenols is 1. The molecule has 8 rings (SSSR count). The number of carbonyl (C=O) groups excluding carboxylic acids is 2. The minimum Gasteiger partial charge on any atom is -0.508 e. The Balaban J connectivity index is 0.763. The van der Waals surface area contributed by atoms with Crippen molar-refractivity contribution in [2.24, 2.45) is 5.92 Å². The van der Waals surface area contributed by atoms with Crippen LogP contribution in [0.3, 0.4) is 0 Å². The molecule has 4 heterocycles. The molecule has 336 valence electrons. The predicted octanol–water partition coefficient (Wildman–Crippen LogP) is 9.45. The van der Waals surface area contributed by atoms with Crippen molar-refractivity contribution >= 4 is 60.6 Å². The fourth-order valence-corrected chi connectivity index (χ4v) is 9.89. The van der Waals surface area contributed by atoms with E-state index in [9.17, 15) is 19.8 Å². The molecule has 1 amide bonds. The smallest absolute Gasteiger partial charge is 0.254 e. The summed E-state index contributed by atoms with van der Waals surface area (Å²) in [6.45, 7) is 10.0. The summed E-state index contributed by atoms with van der Waals surface area (Å²) in [6, 6.07) is 29.5. The van der Waals surface area contributed by atoms with Gasteiger partial charge in [-0.15, -0.1) is 11.3 Å². The maximum absolute atomic E-state index is 14.0. The van der Waals surface area contributed by atoms with Crippen molar-refractivity contribution in [1.82, 2.24) is 19.9 Å². The minimum atomic E-state index is -0.772. The number of aromatic hydroxyl groups is 1. The Morgan fingerprint density at radius 1 is 0.891 bits per heavy atom. The van der Waals surface area contributed by atoms with Crippen LogP contribution in [-0.2, 0) is 16.0 Å². The van der Waals surface area contributed by atoms with Crippen LogP contribution in [0.5, 0.6) is 28.9 Å². The fraction of sp³-hybridized carbons (Fsp3) is 0.367. The number of likely N-dealkylation sites (tertiary alicyclic amines) is 1. The number of carbonyl (C=O) groups is 2. The Morgan fingerprint density at radius 2 is 1.56 bits per heavy atom. The lowest BCUT2D eigenvalue weighted by Crippen LogP contribution is -2.48. The van der Waals surface area contributed by atoms with E-state index in [4.69, 9.17) is 30.3 Å². The molecule has 0 spiro atoms. The first-order chi connectivity index (χ1) is 31.0. The fourth-order valence-electron chi connectivity index (χ4n) is 8.33. The summed E-state index contributed by atoms with van der Waals surface area (Å²) in [6.07, 6.45) is 0.227. The molecule has 4 aromatic carbocycles. The number of benzene rings is 4. The number of amides is 1. The second kappa shape index (κ2) is 20.9. The van der Waals surface area contributed by atoms with Gasteiger partial charge in [-0.3, -0.25) is 19.4 Å². The van der Waals surface area contributed by atoms with Crippen molar-refractivity contribution in [3.05, 3.63) is 118 Å². The number of piperazine rings is 1. The Hall–Kier alpha value is -4.96. The third-order valence-corrected chi connectivity index (χ3v) is 13.8. The van der Waals surface area contributed by atoms with E-state index in [2.05, 4.69) is 43.0 Å². The van der Waals surface area contributed by atoms with Crippen LogP contribution in [-0.4, -0.2) is 113 Å². The molecule has 0 bridgehead atoms. The molecule has 2 fully saturated rings. The van der Waals surface area contributed by atoms with Crippen molar-refractivity contribution in [3.63, 3.8) is 0 Å². The van der Waals surface area contributed by atoms with Crippen molar-refractivity contribution in [2.45, 2.75) is 51.2 Å². The Bertz CT molecular complexity index is 2510. The summed E-state index contributed by atoms with van der Waals surface area (Å²) in [5.41, 5.74) is 2.02. The van der Waals surface area contributed by atoms with Gasteiger partial charge in [-0.25, -0.2) is 0 Å². The number of phenolic OH excluding ortho intramolecular Hbond substituents is 1. The van der Waals surface area contributed by atoms with Gasteiger partial charge in [0.15, 0.2) is 17.3 Å². The molecular formula is C49H52BrClN4O8S. The number of aromatic nitrogens is 1. The van der Waals surface area contributed by atoms with Gasteiger partial charge in [-0.1, -0.05) is 65.6 Å². The van der Waals surface area contributed by atoms with Crippen LogP contribution >= 0.6 is 38.9 Å². The molecule has 0 saturated carbocycles. The molecule has 0 unspecified atom stereocenters. The van der Waals surface area contributed by atoms with Gasteiger partial charge in [0.25, 0.3) is 5.88 Å². The topological polar surface area (TPSA) is 138 Å². The molecule has 0 aliphatic carbocycles. The van der Waals surface area contributed by atoms with Crippen molar-refractivity contribution < 1.29 is 38.5 Å². The number of aryl methyl sites for hydroxylation is 1. The zero-order valence-electron chi connectivity index (χ0n) is 35.8. The molecule has 2 aromatic heterocycles. The lowest BCUT2D eigenvalue weighted by Gasteiger charge is -2.34. The first-order valence-corrected chi connectivity index (χ1v) is 23.7. The second-order valence-electron chi connectivity index (χ2n) is 16.7. The monoisotopic (exact) mass is 970 g/mol. The summed E-state index contributed by atoms with van der Waals surface area (Å²) in [7, 11) is 0. The van der Waals surface area contributed by atoms with E-state index in [1.807, 2.05) is 68.4 Å². The molecule has 0 radical (unpaired) electrons. The highest BCUT2D eigenvalue weighted by Crippen LogP contribution is 2.47. The van der Waals surface area contributed by atoms with E-state index in [0.29, 0.717) is 48.6 Å². The number of hydrogen-bond acceptors (Lipinski definition) is 12. The Labute approximate surface area is 390 Å². The zero-order chi connectivity index (χ0) is 44.7. The maximum atomic E-state index is 14.0. The Kier molecular flexibility index (Phi) is 14.9. The average Bonchev–Trinajstić information content (AvgIpc) is 4.01. The molecular weight excluding hydrogens is 920 g/mol. The molecule has 2 aliphatic heterocycles. The molecule has 12 nitrogen and oxygen atoms in total. The van der Waals surface area contributed by atoms with Gasteiger partial charge in [0.1, 0.15) is 36.4 Å². The highest BCUT2D eigenvalue weighted by Gasteiger charge is 2.43. The van der Waals surface area contributed by atoms with Crippen LogP contribution in [0.2, 0.25) is 5.02 Å². The van der Waals surface area contributed by atoms with Crippen LogP contribution in [0.1, 0.15) is 43.9 Å². The van der Waals surface area contributed by atoms with Crippen LogP contribution in [0.4, 0.5) is 0 Å². The molecule has 2 saturated heterocycles. The van der Waals surface area contributed by atoms with Gasteiger partial charge in [-0.2, -0.15) is 0 Å². The number of rotatable bonds is 18. The second-order valence-corrected chi connectivity index (χ2v) is 19.1. The van der Waals surface area contributed by atoms with E-state index < -0.39 is 18.1 Å². The summed E-state index contributed by atoms with van der Waals surface area (Å²) >= 11 is 11.1. The summed E-state index contributed by atoms with van der Waals surface area (Å²) < 4.78 is 26.2. The van der Waals surface area contributed by atoms with Gasteiger partial charge in [0.05, 0.1) is 17.0 Å². The molecule has 2 aliphatic rings. The first kappa shape index (κ1) is 45.6. The number of aliphatic hydroxyl groups excluding tert-OH is 1. The van der Waals surface area contributed by atoms with Crippen LogP contribution in [0.15, 0.2) is 106 Å². The van der Waals surface area contributed by atoms with Crippen LogP contribution in [0, 0.1) is 5.92 Å². The number of fused-ring (bicyclic) bond motifs is 1. The molecule has 15 heteroatoms. The molecule has 3 atom stereocenters. The number of halogens is 2. The van der Waals surface area contributed by atoms with Crippen molar-refractivity contribution in [1.29, 1.82) is 0 Å². The molecule has 2 N–H and O–H groups in total. The lowest BCUT2D eigenvalue weighted by molar-refractivity contribution is -0.140. The number of ketones is 1. The number of Topliss-reactive ketones (excluding diaryl/α,β-unsaturated/α-hetero) is 1.